The standard InChI is InChI=1S/C19H20N2O4S/c1-2-25-17-10-8-15(9-11-17)20-18(22)19-12-14(19)13-21(26(19,23)24)16-6-4-3-5-7-16/h3-11,14H,2,12-13H2,1H3,(H,20,22)/t14-,19-/m0/s1. The fourth-order valence-corrected chi connectivity index (χ4v) is 5.96. The van der Waals surface area contributed by atoms with E-state index in [1.54, 1.807) is 48.5 Å². The van der Waals surface area contributed by atoms with Gasteiger partial charge >= 0.3 is 0 Å². The number of carbonyl (C=O) groups is 1. The van der Waals surface area contributed by atoms with E-state index in [-0.39, 0.29) is 5.92 Å². The van der Waals surface area contributed by atoms with Gasteiger partial charge in [0.15, 0.2) is 4.75 Å². The molecular weight excluding hydrogens is 352 g/mol. The molecule has 2 aromatic carbocycles. The maximum Gasteiger partial charge on any atom is 0.250 e. The first-order valence-electron chi connectivity index (χ1n) is 8.60. The van der Waals surface area contributed by atoms with Gasteiger partial charge < -0.3 is 10.1 Å². The van der Waals surface area contributed by atoms with E-state index in [1.165, 1.54) is 4.31 Å². The molecular formula is C19H20N2O4S. The molecule has 1 N–H and O–H groups in total. The highest BCUT2D eigenvalue weighted by molar-refractivity contribution is 7.95. The summed E-state index contributed by atoms with van der Waals surface area (Å²) in [5, 5.41) is 2.76. The fourth-order valence-electron chi connectivity index (χ4n) is 3.60. The van der Waals surface area contributed by atoms with Crippen LogP contribution < -0.4 is 14.4 Å². The minimum Gasteiger partial charge on any atom is -0.494 e. The average Bonchev–Trinajstić information content (AvgIpc) is 3.33. The highest BCUT2D eigenvalue weighted by atomic mass is 32.2. The number of sulfonamides is 1. The summed E-state index contributed by atoms with van der Waals surface area (Å²) >= 11 is 0. The van der Waals surface area contributed by atoms with Gasteiger partial charge in [-0.15, -0.1) is 0 Å². The van der Waals surface area contributed by atoms with E-state index in [2.05, 4.69) is 5.32 Å². The lowest BCUT2D eigenvalue weighted by Crippen LogP contribution is -2.42. The number of para-hydroxylation sites is 1. The molecule has 2 fully saturated rings. The zero-order chi connectivity index (χ0) is 18.4. The third-order valence-electron chi connectivity index (χ3n) is 5.04. The molecule has 0 radical (unpaired) electrons. The molecule has 1 amide bonds. The van der Waals surface area contributed by atoms with E-state index in [4.69, 9.17) is 4.74 Å². The molecule has 0 spiro atoms. The molecule has 1 aliphatic carbocycles. The highest BCUT2D eigenvalue weighted by Gasteiger charge is 2.75. The van der Waals surface area contributed by atoms with Crippen molar-refractivity contribution in [3.8, 4) is 5.75 Å². The van der Waals surface area contributed by atoms with Crippen molar-refractivity contribution in [1.82, 2.24) is 0 Å². The summed E-state index contributed by atoms with van der Waals surface area (Å²) in [6, 6.07) is 15.9. The Morgan fingerprint density at radius 3 is 2.54 bits per heavy atom. The molecule has 2 aromatic rings. The van der Waals surface area contributed by atoms with Crippen LogP contribution >= 0.6 is 0 Å². The molecule has 1 saturated carbocycles. The lowest BCUT2D eigenvalue weighted by atomic mass is 10.2. The highest BCUT2D eigenvalue weighted by Crippen LogP contribution is 2.58. The second kappa shape index (κ2) is 6.02. The Hall–Kier alpha value is -2.54. The second-order valence-corrected chi connectivity index (χ2v) is 8.69. The van der Waals surface area contributed by atoms with Gasteiger partial charge in [-0.25, -0.2) is 8.42 Å². The van der Waals surface area contributed by atoms with Crippen LogP contribution in [0.5, 0.6) is 5.75 Å². The summed E-state index contributed by atoms with van der Waals surface area (Å²) in [6.45, 7) is 2.80. The van der Waals surface area contributed by atoms with Crippen molar-refractivity contribution < 1.29 is 17.9 Å². The Labute approximate surface area is 152 Å². The van der Waals surface area contributed by atoms with Crippen LogP contribution in [0.3, 0.4) is 0 Å². The summed E-state index contributed by atoms with van der Waals surface area (Å²) in [7, 11) is -3.75. The first-order valence-corrected chi connectivity index (χ1v) is 10.0. The van der Waals surface area contributed by atoms with E-state index >= 15 is 0 Å². The number of nitrogens with one attached hydrogen (secondary N) is 1. The van der Waals surface area contributed by atoms with Crippen LogP contribution in [-0.4, -0.2) is 32.2 Å². The van der Waals surface area contributed by atoms with Crippen molar-refractivity contribution in [2.24, 2.45) is 5.92 Å². The van der Waals surface area contributed by atoms with Crippen LogP contribution in [0.4, 0.5) is 11.4 Å². The van der Waals surface area contributed by atoms with Crippen LogP contribution in [0, 0.1) is 5.92 Å². The van der Waals surface area contributed by atoms with Gasteiger partial charge in [-0.1, -0.05) is 18.2 Å². The quantitative estimate of drug-likeness (QED) is 0.875. The molecule has 136 valence electrons. The van der Waals surface area contributed by atoms with E-state index in [9.17, 15) is 13.2 Å². The number of fused-ring (bicyclic) bond motifs is 1. The van der Waals surface area contributed by atoms with Crippen LogP contribution in [0.1, 0.15) is 13.3 Å². The van der Waals surface area contributed by atoms with Crippen LogP contribution in [-0.2, 0) is 14.8 Å². The molecule has 0 bridgehead atoms. The number of hydrogen-bond donors (Lipinski definition) is 1. The molecule has 26 heavy (non-hydrogen) atoms. The van der Waals surface area contributed by atoms with Crippen molar-refractivity contribution in [3.63, 3.8) is 0 Å². The van der Waals surface area contributed by atoms with Gasteiger partial charge in [-0.05, 0) is 49.7 Å². The van der Waals surface area contributed by atoms with Crippen molar-refractivity contribution in [1.29, 1.82) is 0 Å². The molecule has 0 aromatic heterocycles. The molecule has 2 atom stereocenters. The normalized spacial score (nSPS) is 25.4. The third-order valence-corrected chi connectivity index (χ3v) is 7.58. The summed E-state index contributed by atoms with van der Waals surface area (Å²) in [5.74, 6) is 0.0807. The summed E-state index contributed by atoms with van der Waals surface area (Å²) in [4.78, 5) is 12.8. The van der Waals surface area contributed by atoms with Gasteiger partial charge in [0.2, 0.25) is 15.9 Å². The maximum absolute atomic E-state index is 13.1. The average molecular weight is 372 g/mol. The topological polar surface area (TPSA) is 75.7 Å². The molecule has 7 heteroatoms. The number of rotatable bonds is 5. The van der Waals surface area contributed by atoms with Gasteiger partial charge in [0, 0.05) is 18.2 Å². The fraction of sp³-hybridized carbons (Fsp3) is 0.316. The Balaban J connectivity index is 1.55. The van der Waals surface area contributed by atoms with E-state index < -0.39 is 20.7 Å². The Kier molecular flexibility index (Phi) is 3.91. The maximum atomic E-state index is 13.1. The minimum atomic E-state index is -3.75. The van der Waals surface area contributed by atoms with Gasteiger partial charge in [0.05, 0.1) is 12.3 Å². The second-order valence-electron chi connectivity index (χ2n) is 6.57. The first kappa shape index (κ1) is 16.9. The number of ether oxygens (including phenoxy) is 1. The number of hydrogen-bond acceptors (Lipinski definition) is 4. The number of anilines is 2. The lowest BCUT2D eigenvalue weighted by Gasteiger charge is -2.22. The molecule has 1 heterocycles. The SMILES string of the molecule is CCOc1ccc(NC(=O)[C@]23C[C@H]2CN(c2ccccc2)S3(=O)=O)cc1. The molecule has 2 aliphatic rings. The Bertz CT molecular complexity index is 928. The monoisotopic (exact) mass is 372 g/mol. The largest absolute Gasteiger partial charge is 0.494 e. The molecule has 1 saturated heterocycles. The van der Waals surface area contributed by atoms with E-state index in [1.807, 2.05) is 13.0 Å². The number of amides is 1. The number of carbonyl (C=O) groups excluding carboxylic acids is 1. The molecule has 6 nitrogen and oxygen atoms in total. The summed E-state index contributed by atoms with van der Waals surface area (Å²) in [6.07, 6.45) is 0.377. The third kappa shape index (κ3) is 2.46. The van der Waals surface area contributed by atoms with E-state index in [0.717, 1.165) is 0 Å². The van der Waals surface area contributed by atoms with Crippen molar-refractivity contribution in [2.45, 2.75) is 18.1 Å². The van der Waals surface area contributed by atoms with Crippen LogP contribution in [0.25, 0.3) is 0 Å². The molecule has 0 unspecified atom stereocenters. The van der Waals surface area contributed by atoms with Gasteiger partial charge in [-0.3, -0.25) is 9.10 Å². The Morgan fingerprint density at radius 2 is 1.88 bits per heavy atom. The molecule has 1 aliphatic heterocycles. The van der Waals surface area contributed by atoms with Crippen molar-refractivity contribution in [2.75, 3.05) is 22.8 Å². The lowest BCUT2D eigenvalue weighted by molar-refractivity contribution is -0.116. The predicted octanol–water partition coefficient (Wildman–Crippen LogP) is 2.63. The van der Waals surface area contributed by atoms with Crippen molar-refractivity contribution in [3.05, 3.63) is 54.6 Å². The van der Waals surface area contributed by atoms with Gasteiger partial charge in [-0.2, -0.15) is 0 Å². The number of benzene rings is 2. The summed E-state index contributed by atoms with van der Waals surface area (Å²) in [5.41, 5.74) is 1.17. The zero-order valence-electron chi connectivity index (χ0n) is 14.4. The summed E-state index contributed by atoms with van der Waals surface area (Å²) < 4.78 is 31.5. The molecule has 4 rings (SSSR count). The van der Waals surface area contributed by atoms with Crippen LogP contribution in [0.2, 0.25) is 0 Å². The predicted molar refractivity (Wildman–Crippen MR) is 99.8 cm³/mol. The van der Waals surface area contributed by atoms with Gasteiger partial charge in [0.1, 0.15) is 5.75 Å². The smallest absolute Gasteiger partial charge is 0.250 e. The van der Waals surface area contributed by atoms with Gasteiger partial charge in [0.25, 0.3) is 0 Å². The number of nitrogens with zero attached hydrogens (tertiary/aromatic N) is 1. The van der Waals surface area contributed by atoms with Crippen LogP contribution in [0.15, 0.2) is 54.6 Å². The zero-order valence-corrected chi connectivity index (χ0v) is 15.2. The minimum absolute atomic E-state index is 0.171. The Morgan fingerprint density at radius 1 is 1.19 bits per heavy atom. The first-order chi connectivity index (χ1) is 12.5. The van der Waals surface area contributed by atoms with Crippen molar-refractivity contribution >= 4 is 27.3 Å². The van der Waals surface area contributed by atoms with E-state index in [0.29, 0.717) is 36.7 Å².